The predicted molar refractivity (Wildman–Crippen MR) is 78.0 cm³/mol. The number of halogens is 3. The molecule has 98 valence electrons. The predicted octanol–water partition coefficient (Wildman–Crippen LogP) is 4.85. The van der Waals surface area contributed by atoms with E-state index in [0.29, 0.717) is 6.54 Å². The lowest BCUT2D eigenvalue weighted by atomic mass is 10.1. The van der Waals surface area contributed by atoms with E-state index in [1.807, 2.05) is 30.3 Å². The molecule has 0 heterocycles. The molecule has 1 nitrogen and oxygen atoms in total. The highest BCUT2D eigenvalue weighted by molar-refractivity contribution is 9.10. The first-order valence-electron chi connectivity index (χ1n) is 5.69. The minimum atomic E-state index is -0.505. The van der Waals surface area contributed by atoms with Crippen molar-refractivity contribution in [2.45, 2.75) is 0 Å². The maximum absolute atomic E-state index is 13.6. The van der Waals surface area contributed by atoms with Crippen LogP contribution in [-0.4, -0.2) is 6.54 Å². The summed E-state index contributed by atoms with van der Waals surface area (Å²) in [5.41, 5.74) is 1.90. The zero-order chi connectivity index (χ0) is 13.8. The molecule has 0 unspecified atom stereocenters. The summed E-state index contributed by atoms with van der Waals surface area (Å²) >= 11 is 2.94. The number of nitrogens with one attached hydrogen (secondary N) is 1. The summed E-state index contributed by atoms with van der Waals surface area (Å²) in [6.45, 7) is 4.27. The van der Waals surface area contributed by atoms with Crippen molar-refractivity contribution >= 4 is 27.2 Å². The molecule has 0 fully saturated rings. The van der Waals surface area contributed by atoms with Gasteiger partial charge in [0, 0.05) is 12.6 Å². The molecule has 0 radical (unpaired) electrons. The second-order valence-electron chi connectivity index (χ2n) is 4.07. The van der Waals surface area contributed by atoms with E-state index in [-0.39, 0.29) is 10.2 Å². The van der Waals surface area contributed by atoms with Gasteiger partial charge in [-0.15, -0.1) is 0 Å². The fourth-order valence-corrected chi connectivity index (χ4v) is 1.95. The molecule has 0 saturated heterocycles. The number of benzene rings is 2. The molecule has 0 aliphatic carbocycles. The van der Waals surface area contributed by atoms with Crippen molar-refractivity contribution in [1.29, 1.82) is 0 Å². The molecule has 0 saturated carbocycles. The monoisotopic (exact) mass is 323 g/mol. The molecule has 19 heavy (non-hydrogen) atoms. The fourth-order valence-electron chi connectivity index (χ4n) is 1.64. The normalized spacial score (nSPS) is 10.3. The number of rotatable bonds is 4. The van der Waals surface area contributed by atoms with Crippen LogP contribution >= 0.6 is 15.9 Å². The SMILES string of the molecule is C=C(CNc1cc(F)c(Br)cc1F)c1ccccc1. The van der Waals surface area contributed by atoms with Crippen LogP contribution < -0.4 is 5.32 Å². The van der Waals surface area contributed by atoms with Crippen molar-refractivity contribution in [3.8, 4) is 0 Å². The minimum Gasteiger partial charge on any atom is -0.379 e. The highest BCUT2D eigenvalue weighted by atomic mass is 79.9. The van der Waals surface area contributed by atoms with Crippen molar-refractivity contribution in [3.63, 3.8) is 0 Å². The maximum Gasteiger partial charge on any atom is 0.147 e. The molecule has 2 rings (SSSR count). The molecular formula is C15H12BrF2N. The summed E-state index contributed by atoms with van der Waals surface area (Å²) < 4.78 is 27.0. The van der Waals surface area contributed by atoms with E-state index in [2.05, 4.69) is 27.8 Å². The number of anilines is 1. The Bertz CT molecular complexity index is 597. The summed E-state index contributed by atoms with van der Waals surface area (Å²) in [7, 11) is 0. The van der Waals surface area contributed by atoms with Gasteiger partial charge in [0.1, 0.15) is 11.6 Å². The molecule has 2 aromatic rings. The van der Waals surface area contributed by atoms with Gasteiger partial charge in [-0.25, -0.2) is 8.78 Å². The Labute approximate surface area is 119 Å². The quantitative estimate of drug-likeness (QED) is 0.793. The van der Waals surface area contributed by atoms with Gasteiger partial charge in [-0.1, -0.05) is 36.9 Å². The number of hydrogen-bond donors (Lipinski definition) is 1. The Kier molecular flexibility index (Phi) is 4.32. The van der Waals surface area contributed by atoms with Crippen molar-refractivity contribution < 1.29 is 8.78 Å². The van der Waals surface area contributed by atoms with Gasteiger partial charge in [-0.05, 0) is 33.1 Å². The van der Waals surface area contributed by atoms with Crippen molar-refractivity contribution in [1.82, 2.24) is 0 Å². The highest BCUT2D eigenvalue weighted by Gasteiger charge is 2.08. The van der Waals surface area contributed by atoms with Crippen LogP contribution in [0.25, 0.3) is 5.57 Å². The first-order valence-corrected chi connectivity index (χ1v) is 6.49. The average molecular weight is 324 g/mol. The summed E-state index contributed by atoms with van der Waals surface area (Å²) in [5, 5.41) is 2.84. The summed E-state index contributed by atoms with van der Waals surface area (Å²) in [4.78, 5) is 0. The number of hydrogen-bond acceptors (Lipinski definition) is 1. The lowest BCUT2D eigenvalue weighted by Crippen LogP contribution is -2.05. The fraction of sp³-hybridized carbons (Fsp3) is 0.0667. The Balaban J connectivity index is 2.07. The van der Waals surface area contributed by atoms with E-state index < -0.39 is 11.6 Å². The maximum atomic E-state index is 13.6. The van der Waals surface area contributed by atoms with Crippen molar-refractivity contribution in [2.75, 3.05) is 11.9 Å². The van der Waals surface area contributed by atoms with Crippen LogP contribution in [0.2, 0.25) is 0 Å². The van der Waals surface area contributed by atoms with Crippen LogP contribution in [0, 0.1) is 11.6 Å². The van der Waals surface area contributed by atoms with Gasteiger partial charge in [0.25, 0.3) is 0 Å². The molecule has 0 spiro atoms. The van der Waals surface area contributed by atoms with Crippen LogP contribution in [0.4, 0.5) is 14.5 Å². The molecule has 2 aromatic carbocycles. The largest absolute Gasteiger partial charge is 0.379 e. The zero-order valence-corrected chi connectivity index (χ0v) is 11.7. The van der Waals surface area contributed by atoms with Crippen LogP contribution in [0.1, 0.15) is 5.56 Å². The molecule has 0 atom stereocenters. The molecule has 1 N–H and O–H groups in total. The Morgan fingerprint density at radius 3 is 2.47 bits per heavy atom. The van der Waals surface area contributed by atoms with Crippen LogP contribution in [0.5, 0.6) is 0 Å². The standard InChI is InChI=1S/C15H12BrF2N/c1-10(11-5-3-2-4-6-11)9-19-15-8-13(17)12(16)7-14(15)18/h2-8,19H,1,9H2. The summed E-state index contributed by atoms with van der Waals surface area (Å²) in [5.74, 6) is -1.01. The Hall–Kier alpha value is -1.68. The molecule has 0 bridgehead atoms. The van der Waals surface area contributed by atoms with Crippen LogP contribution in [0.3, 0.4) is 0 Å². The molecule has 4 heteroatoms. The Morgan fingerprint density at radius 2 is 1.79 bits per heavy atom. The average Bonchev–Trinajstić information content (AvgIpc) is 2.42. The van der Waals surface area contributed by atoms with E-state index >= 15 is 0 Å². The lowest BCUT2D eigenvalue weighted by Gasteiger charge is -2.10. The molecule has 0 aliphatic heterocycles. The molecule has 0 aliphatic rings. The smallest absolute Gasteiger partial charge is 0.147 e. The zero-order valence-electron chi connectivity index (χ0n) is 10.1. The highest BCUT2D eigenvalue weighted by Crippen LogP contribution is 2.24. The topological polar surface area (TPSA) is 12.0 Å². The van der Waals surface area contributed by atoms with Gasteiger partial charge in [0.2, 0.25) is 0 Å². The third-order valence-electron chi connectivity index (χ3n) is 2.68. The van der Waals surface area contributed by atoms with Crippen LogP contribution in [0.15, 0.2) is 53.5 Å². The van der Waals surface area contributed by atoms with Gasteiger partial charge in [-0.2, -0.15) is 0 Å². The van der Waals surface area contributed by atoms with Crippen molar-refractivity contribution in [3.05, 3.63) is 70.7 Å². The van der Waals surface area contributed by atoms with Gasteiger partial charge in [0.05, 0.1) is 10.2 Å². The van der Waals surface area contributed by atoms with E-state index in [9.17, 15) is 8.78 Å². The Morgan fingerprint density at radius 1 is 1.11 bits per heavy atom. The third kappa shape index (κ3) is 3.41. The lowest BCUT2D eigenvalue weighted by molar-refractivity contribution is 0.597. The molecule has 0 amide bonds. The summed E-state index contributed by atoms with van der Waals surface area (Å²) in [6.07, 6.45) is 0. The summed E-state index contributed by atoms with van der Waals surface area (Å²) in [6, 6.07) is 11.8. The van der Waals surface area contributed by atoms with E-state index in [4.69, 9.17) is 0 Å². The van der Waals surface area contributed by atoms with Gasteiger partial charge >= 0.3 is 0 Å². The second-order valence-corrected chi connectivity index (χ2v) is 4.92. The van der Waals surface area contributed by atoms with Crippen molar-refractivity contribution in [2.24, 2.45) is 0 Å². The van der Waals surface area contributed by atoms with E-state index in [1.165, 1.54) is 0 Å². The molecular weight excluding hydrogens is 312 g/mol. The van der Waals surface area contributed by atoms with Crippen LogP contribution in [-0.2, 0) is 0 Å². The second kappa shape index (κ2) is 5.97. The van der Waals surface area contributed by atoms with Gasteiger partial charge in [-0.3, -0.25) is 0 Å². The first-order chi connectivity index (χ1) is 9.08. The third-order valence-corrected chi connectivity index (χ3v) is 3.29. The first kappa shape index (κ1) is 13.7. The van der Waals surface area contributed by atoms with E-state index in [0.717, 1.165) is 23.3 Å². The van der Waals surface area contributed by atoms with Gasteiger partial charge < -0.3 is 5.32 Å². The minimum absolute atomic E-state index is 0.109. The van der Waals surface area contributed by atoms with Gasteiger partial charge in [0.15, 0.2) is 0 Å². The molecule has 0 aromatic heterocycles. The van der Waals surface area contributed by atoms with E-state index in [1.54, 1.807) is 0 Å².